The van der Waals surface area contributed by atoms with Crippen LogP contribution in [-0.2, 0) is 6.54 Å². The predicted molar refractivity (Wildman–Crippen MR) is 81.1 cm³/mol. The molecule has 2 rings (SSSR count). The summed E-state index contributed by atoms with van der Waals surface area (Å²) >= 11 is 0. The molecule has 3 nitrogen and oxygen atoms in total. The number of likely N-dealkylation sites (N-methyl/N-ethyl adjacent to an activating group) is 1. The topological polar surface area (TPSA) is 32.5 Å². The van der Waals surface area contributed by atoms with Crippen molar-refractivity contribution >= 4 is 0 Å². The molecule has 0 aliphatic carbocycles. The van der Waals surface area contributed by atoms with Crippen molar-refractivity contribution in [1.82, 2.24) is 9.80 Å². The third kappa shape index (κ3) is 3.78. The molecule has 1 aliphatic rings. The standard InChI is InChI=1S/C16H27N3/c1-13-4-6-15(7-5-13)11-19-14(2)10-18(3)12-16(19)8-9-17/h4-7,14,16H,8-12,17H2,1-3H3. The highest BCUT2D eigenvalue weighted by Crippen LogP contribution is 2.20. The van der Waals surface area contributed by atoms with E-state index >= 15 is 0 Å². The quantitative estimate of drug-likeness (QED) is 0.898. The average Bonchev–Trinajstić information content (AvgIpc) is 2.36. The summed E-state index contributed by atoms with van der Waals surface area (Å²) in [5.74, 6) is 0. The molecule has 0 amide bonds. The average molecular weight is 261 g/mol. The second-order valence-electron chi connectivity index (χ2n) is 5.96. The van der Waals surface area contributed by atoms with Gasteiger partial charge < -0.3 is 10.6 Å². The summed E-state index contributed by atoms with van der Waals surface area (Å²) in [6.45, 7) is 8.56. The van der Waals surface area contributed by atoms with Gasteiger partial charge >= 0.3 is 0 Å². The van der Waals surface area contributed by atoms with Gasteiger partial charge in [-0.1, -0.05) is 29.8 Å². The molecule has 106 valence electrons. The number of piperazine rings is 1. The van der Waals surface area contributed by atoms with Gasteiger partial charge in [-0.2, -0.15) is 0 Å². The Morgan fingerprint density at radius 3 is 2.53 bits per heavy atom. The Bertz CT molecular complexity index is 387. The third-order valence-corrected chi connectivity index (χ3v) is 4.12. The van der Waals surface area contributed by atoms with Crippen LogP contribution in [0.5, 0.6) is 0 Å². The number of hydrogen-bond donors (Lipinski definition) is 1. The lowest BCUT2D eigenvalue weighted by atomic mass is 10.0. The van der Waals surface area contributed by atoms with Crippen LogP contribution in [0.2, 0.25) is 0 Å². The molecule has 1 heterocycles. The van der Waals surface area contributed by atoms with Crippen molar-refractivity contribution in [3.8, 4) is 0 Å². The smallest absolute Gasteiger partial charge is 0.0241 e. The summed E-state index contributed by atoms with van der Waals surface area (Å²) in [5, 5.41) is 0. The number of nitrogens with two attached hydrogens (primary N) is 1. The van der Waals surface area contributed by atoms with E-state index in [0.717, 1.165) is 32.6 Å². The van der Waals surface area contributed by atoms with Gasteiger partial charge in [0.25, 0.3) is 0 Å². The monoisotopic (exact) mass is 261 g/mol. The van der Waals surface area contributed by atoms with Crippen molar-refractivity contribution in [2.24, 2.45) is 5.73 Å². The first-order valence-corrected chi connectivity index (χ1v) is 7.30. The Balaban J connectivity index is 2.08. The Morgan fingerprint density at radius 2 is 1.89 bits per heavy atom. The molecular formula is C16H27N3. The lowest BCUT2D eigenvalue weighted by molar-refractivity contribution is 0.0340. The fourth-order valence-electron chi connectivity index (χ4n) is 3.09. The van der Waals surface area contributed by atoms with Crippen molar-refractivity contribution in [1.29, 1.82) is 0 Å². The maximum absolute atomic E-state index is 5.78. The first-order valence-electron chi connectivity index (χ1n) is 7.30. The van der Waals surface area contributed by atoms with Crippen molar-refractivity contribution < 1.29 is 0 Å². The molecule has 0 bridgehead atoms. The number of hydrogen-bond acceptors (Lipinski definition) is 3. The third-order valence-electron chi connectivity index (χ3n) is 4.12. The molecule has 0 aromatic heterocycles. The lowest BCUT2D eigenvalue weighted by Gasteiger charge is -2.44. The van der Waals surface area contributed by atoms with Gasteiger partial charge in [0.1, 0.15) is 0 Å². The minimum atomic E-state index is 0.583. The van der Waals surface area contributed by atoms with Gasteiger partial charge in [-0.25, -0.2) is 0 Å². The molecule has 1 saturated heterocycles. The zero-order valence-electron chi connectivity index (χ0n) is 12.5. The molecule has 2 atom stereocenters. The second-order valence-corrected chi connectivity index (χ2v) is 5.96. The van der Waals surface area contributed by atoms with Gasteiger partial charge in [-0.3, -0.25) is 4.90 Å². The van der Waals surface area contributed by atoms with E-state index in [0.29, 0.717) is 12.1 Å². The molecule has 2 N–H and O–H groups in total. The van der Waals surface area contributed by atoms with E-state index in [9.17, 15) is 0 Å². The van der Waals surface area contributed by atoms with Crippen LogP contribution in [0.4, 0.5) is 0 Å². The second kappa shape index (κ2) is 6.51. The molecule has 19 heavy (non-hydrogen) atoms. The van der Waals surface area contributed by atoms with Gasteiger partial charge in [0, 0.05) is 31.7 Å². The molecular weight excluding hydrogens is 234 g/mol. The zero-order chi connectivity index (χ0) is 13.8. The molecule has 0 saturated carbocycles. The predicted octanol–water partition coefficient (Wildman–Crippen LogP) is 1.85. The van der Waals surface area contributed by atoms with Crippen LogP contribution >= 0.6 is 0 Å². The highest BCUT2D eigenvalue weighted by Gasteiger charge is 2.29. The Morgan fingerprint density at radius 1 is 1.21 bits per heavy atom. The van der Waals surface area contributed by atoms with Crippen molar-refractivity contribution in [2.45, 2.75) is 38.9 Å². The van der Waals surface area contributed by atoms with Gasteiger partial charge in [0.15, 0.2) is 0 Å². The molecule has 0 spiro atoms. The van der Waals surface area contributed by atoms with E-state index in [-0.39, 0.29) is 0 Å². The number of aryl methyl sites for hydroxylation is 1. The van der Waals surface area contributed by atoms with E-state index in [2.05, 4.69) is 55.0 Å². The van der Waals surface area contributed by atoms with Crippen LogP contribution in [0, 0.1) is 6.92 Å². The van der Waals surface area contributed by atoms with Gasteiger partial charge in [0.05, 0.1) is 0 Å². The Hall–Kier alpha value is -0.900. The molecule has 2 unspecified atom stereocenters. The van der Waals surface area contributed by atoms with Crippen LogP contribution in [0.25, 0.3) is 0 Å². The number of rotatable bonds is 4. The highest BCUT2D eigenvalue weighted by atomic mass is 15.3. The molecule has 1 aromatic rings. The van der Waals surface area contributed by atoms with E-state index in [1.807, 2.05) is 0 Å². The van der Waals surface area contributed by atoms with E-state index in [4.69, 9.17) is 5.73 Å². The van der Waals surface area contributed by atoms with Gasteiger partial charge in [-0.05, 0) is 39.4 Å². The minimum absolute atomic E-state index is 0.583. The summed E-state index contributed by atoms with van der Waals surface area (Å²) in [6.07, 6.45) is 1.08. The largest absolute Gasteiger partial charge is 0.330 e. The van der Waals surface area contributed by atoms with Crippen molar-refractivity contribution in [3.63, 3.8) is 0 Å². The van der Waals surface area contributed by atoms with Crippen LogP contribution in [-0.4, -0.2) is 48.6 Å². The summed E-state index contributed by atoms with van der Waals surface area (Å²) < 4.78 is 0. The zero-order valence-corrected chi connectivity index (χ0v) is 12.5. The fraction of sp³-hybridized carbons (Fsp3) is 0.625. The molecule has 1 aliphatic heterocycles. The first-order chi connectivity index (χ1) is 9.10. The molecule has 1 aromatic carbocycles. The van der Waals surface area contributed by atoms with Crippen molar-refractivity contribution in [3.05, 3.63) is 35.4 Å². The van der Waals surface area contributed by atoms with E-state index < -0.39 is 0 Å². The van der Waals surface area contributed by atoms with Gasteiger partial charge in [-0.15, -0.1) is 0 Å². The Labute approximate surface area is 117 Å². The summed E-state index contributed by atoms with van der Waals surface area (Å²) in [4.78, 5) is 5.05. The highest BCUT2D eigenvalue weighted by molar-refractivity contribution is 5.21. The van der Waals surface area contributed by atoms with Crippen LogP contribution in [0.1, 0.15) is 24.5 Å². The van der Waals surface area contributed by atoms with Gasteiger partial charge in [0.2, 0.25) is 0 Å². The van der Waals surface area contributed by atoms with Crippen LogP contribution in [0.15, 0.2) is 24.3 Å². The summed E-state index contributed by atoms with van der Waals surface area (Å²) in [7, 11) is 2.21. The first kappa shape index (κ1) is 14.5. The van der Waals surface area contributed by atoms with Crippen molar-refractivity contribution in [2.75, 3.05) is 26.7 Å². The lowest BCUT2D eigenvalue weighted by Crippen LogP contribution is -2.56. The SMILES string of the molecule is Cc1ccc(CN2C(C)CN(C)CC2CCN)cc1. The fourth-order valence-corrected chi connectivity index (χ4v) is 3.09. The maximum atomic E-state index is 5.78. The number of benzene rings is 1. The van der Waals surface area contributed by atoms with E-state index in [1.165, 1.54) is 11.1 Å². The summed E-state index contributed by atoms with van der Waals surface area (Å²) in [5.41, 5.74) is 8.51. The molecule has 1 fully saturated rings. The minimum Gasteiger partial charge on any atom is -0.330 e. The summed E-state index contributed by atoms with van der Waals surface area (Å²) in [6, 6.07) is 10.1. The van der Waals surface area contributed by atoms with Crippen LogP contribution < -0.4 is 5.73 Å². The maximum Gasteiger partial charge on any atom is 0.0241 e. The normalized spacial score (nSPS) is 25.7. The Kier molecular flexibility index (Phi) is 4.97. The van der Waals surface area contributed by atoms with Crippen LogP contribution in [0.3, 0.4) is 0 Å². The van der Waals surface area contributed by atoms with E-state index in [1.54, 1.807) is 0 Å². The number of nitrogens with zero attached hydrogens (tertiary/aromatic N) is 2. The molecule has 0 radical (unpaired) electrons. The molecule has 3 heteroatoms.